The van der Waals surface area contributed by atoms with Crippen LogP contribution in [0.5, 0.6) is 0 Å². The van der Waals surface area contributed by atoms with Crippen LogP contribution < -0.4 is 10.6 Å². The van der Waals surface area contributed by atoms with Gasteiger partial charge in [-0.2, -0.15) is 0 Å². The minimum atomic E-state index is -0.738. The van der Waals surface area contributed by atoms with Gasteiger partial charge in [0.1, 0.15) is 6.04 Å². The molecule has 0 saturated carbocycles. The molecular weight excluding hydrogens is 353 g/mol. The summed E-state index contributed by atoms with van der Waals surface area (Å²) in [6.07, 6.45) is 3.20. The van der Waals surface area contributed by atoms with Crippen molar-refractivity contribution in [1.82, 2.24) is 9.88 Å². The summed E-state index contributed by atoms with van der Waals surface area (Å²) in [5.74, 6) is -1.11. The number of hydrogen-bond acceptors (Lipinski definition) is 3. The fourth-order valence-electron chi connectivity index (χ4n) is 2.05. The number of aromatic nitrogens is 1. The highest BCUT2D eigenvalue weighted by Gasteiger charge is 2.19. The highest BCUT2D eigenvalue weighted by molar-refractivity contribution is 6.40. The standard InChI is InChI=1S/C16H15Cl2N3O3/c1-9(16(24)21-5-3-4-6-21)19-15(23)11-7-12(17)14(13(18)8-11)20-10(2)22/h3-9H,1-2H3,(H,19,23)(H,20,22). The van der Waals surface area contributed by atoms with Gasteiger partial charge in [-0.3, -0.25) is 19.0 Å². The lowest BCUT2D eigenvalue weighted by atomic mass is 10.1. The number of amides is 2. The molecule has 0 aliphatic carbocycles. The molecular formula is C16H15Cl2N3O3. The van der Waals surface area contributed by atoms with Crippen LogP contribution in [0.2, 0.25) is 10.0 Å². The Morgan fingerprint density at radius 2 is 1.62 bits per heavy atom. The molecule has 1 aromatic carbocycles. The summed E-state index contributed by atoms with van der Waals surface area (Å²) >= 11 is 12.1. The van der Waals surface area contributed by atoms with Crippen LogP contribution in [0.3, 0.4) is 0 Å². The van der Waals surface area contributed by atoms with E-state index in [0.717, 1.165) is 0 Å². The maximum absolute atomic E-state index is 12.3. The first-order valence-corrected chi connectivity index (χ1v) is 7.80. The third-order valence-electron chi connectivity index (χ3n) is 3.18. The zero-order valence-electron chi connectivity index (χ0n) is 13.0. The van der Waals surface area contributed by atoms with Crippen LogP contribution in [-0.2, 0) is 4.79 Å². The highest BCUT2D eigenvalue weighted by atomic mass is 35.5. The first kappa shape index (κ1) is 18.0. The lowest BCUT2D eigenvalue weighted by Gasteiger charge is -2.15. The van der Waals surface area contributed by atoms with E-state index in [0.29, 0.717) is 0 Å². The van der Waals surface area contributed by atoms with E-state index in [1.807, 2.05) is 0 Å². The lowest BCUT2D eigenvalue weighted by molar-refractivity contribution is -0.114. The normalized spacial score (nSPS) is 11.7. The second kappa shape index (κ2) is 7.51. The summed E-state index contributed by atoms with van der Waals surface area (Å²) in [7, 11) is 0. The molecule has 0 fully saturated rings. The predicted molar refractivity (Wildman–Crippen MR) is 92.8 cm³/mol. The summed E-state index contributed by atoms with van der Waals surface area (Å²) < 4.78 is 1.38. The van der Waals surface area contributed by atoms with Crippen LogP contribution in [0.1, 0.15) is 29.0 Å². The second-order valence-corrected chi connectivity index (χ2v) is 5.93. The fourth-order valence-corrected chi connectivity index (χ4v) is 2.63. The Bertz CT molecular complexity index is 765. The zero-order valence-corrected chi connectivity index (χ0v) is 14.5. The molecule has 8 heteroatoms. The first-order valence-electron chi connectivity index (χ1n) is 7.04. The monoisotopic (exact) mass is 367 g/mol. The summed E-state index contributed by atoms with van der Waals surface area (Å²) in [5.41, 5.74) is 0.421. The molecule has 0 aliphatic rings. The fraction of sp³-hybridized carbons (Fsp3) is 0.188. The van der Waals surface area contributed by atoms with Crippen molar-refractivity contribution < 1.29 is 14.4 Å². The van der Waals surface area contributed by atoms with E-state index in [-0.39, 0.29) is 33.1 Å². The van der Waals surface area contributed by atoms with Crippen LogP contribution >= 0.6 is 23.2 Å². The quantitative estimate of drug-likeness (QED) is 0.870. The van der Waals surface area contributed by atoms with Gasteiger partial charge in [0.15, 0.2) is 0 Å². The molecule has 1 heterocycles. The summed E-state index contributed by atoms with van der Waals surface area (Å²) in [6.45, 7) is 2.90. The molecule has 2 N–H and O–H groups in total. The van der Waals surface area contributed by atoms with Gasteiger partial charge in [-0.05, 0) is 31.2 Å². The molecule has 0 bridgehead atoms. The Labute approximate surface area is 148 Å². The van der Waals surface area contributed by atoms with E-state index < -0.39 is 11.9 Å². The van der Waals surface area contributed by atoms with E-state index in [1.165, 1.54) is 23.6 Å². The van der Waals surface area contributed by atoms with Crippen LogP contribution in [0.25, 0.3) is 0 Å². The number of halogens is 2. The molecule has 1 unspecified atom stereocenters. The SMILES string of the molecule is CC(=O)Nc1c(Cl)cc(C(=O)NC(C)C(=O)n2cccc2)cc1Cl. The molecule has 6 nitrogen and oxygen atoms in total. The molecule has 1 aromatic heterocycles. The van der Waals surface area contributed by atoms with Crippen molar-refractivity contribution in [3.63, 3.8) is 0 Å². The van der Waals surface area contributed by atoms with E-state index in [4.69, 9.17) is 23.2 Å². The van der Waals surface area contributed by atoms with Crippen LogP contribution in [0.15, 0.2) is 36.7 Å². The van der Waals surface area contributed by atoms with Crippen molar-refractivity contribution in [3.05, 3.63) is 52.3 Å². The third kappa shape index (κ3) is 4.15. The number of carbonyl (C=O) groups excluding carboxylic acids is 3. The molecule has 2 rings (SSSR count). The molecule has 2 aromatic rings. The van der Waals surface area contributed by atoms with E-state index >= 15 is 0 Å². The molecule has 0 spiro atoms. The summed E-state index contributed by atoms with van der Waals surface area (Å²) in [6, 6.07) is 5.44. The average Bonchev–Trinajstić information content (AvgIpc) is 3.03. The van der Waals surface area contributed by atoms with E-state index in [1.54, 1.807) is 31.5 Å². The van der Waals surface area contributed by atoms with Gasteiger partial charge in [0.05, 0.1) is 15.7 Å². The minimum absolute atomic E-state index is 0.132. The Morgan fingerprint density at radius 1 is 1.08 bits per heavy atom. The number of anilines is 1. The Kier molecular flexibility index (Phi) is 5.64. The second-order valence-electron chi connectivity index (χ2n) is 5.12. The molecule has 126 valence electrons. The lowest BCUT2D eigenvalue weighted by Crippen LogP contribution is -2.40. The maximum Gasteiger partial charge on any atom is 0.252 e. The Hall–Kier alpha value is -2.31. The molecule has 0 aliphatic heterocycles. The zero-order chi connectivity index (χ0) is 17.9. The average molecular weight is 368 g/mol. The van der Waals surface area contributed by atoms with Gasteiger partial charge in [-0.15, -0.1) is 0 Å². The van der Waals surface area contributed by atoms with Crippen molar-refractivity contribution in [2.24, 2.45) is 0 Å². The maximum atomic E-state index is 12.3. The van der Waals surface area contributed by atoms with Gasteiger partial charge in [0.25, 0.3) is 11.8 Å². The Balaban J connectivity index is 2.15. The number of nitrogens with one attached hydrogen (secondary N) is 2. The van der Waals surface area contributed by atoms with E-state index in [2.05, 4.69) is 10.6 Å². The number of rotatable bonds is 4. The largest absolute Gasteiger partial charge is 0.340 e. The van der Waals surface area contributed by atoms with Crippen molar-refractivity contribution in [3.8, 4) is 0 Å². The number of hydrogen-bond donors (Lipinski definition) is 2. The molecule has 0 radical (unpaired) electrons. The van der Waals surface area contributed by atoms with Crippen LogP contribution in [-0.4, -0.2) is 28.3 Å². The van der Waals surface area contributed by atoms with Gasteiger partial charge >= 0.3 is 0 Å². The van der Waals surface area contributed by atoms with Crippen molar-refractivity contribution >= 4 is 46.6 Å². The number of benzene rings is 1. The Morgan fingerprint density at radius 3 is 2.12 bits per heavy atom. The number of carbonyl (C=O) groups is 3. The van der Waals surface area contributed by atoms with Crippen molar-refractivity contribution in [2.75, 3.05) is 5.32 Å². The van der Waals surface area contributed by atoms with Crippen molar-refractivity contribution in [1.29, 1.82) is 0 Å². The van der Waals surface area contributed by atoms with Gasteiger partial charge < -0.3 is 10.6 Å². The smallest absolute Gasteiger partial charge is 0.252 e. The number of nitrogens with zero attached hydrogens (tertiary/aromatic N) is 1. The topological polar surface area (TPSA) is 80.2 Å². The van der Waals surface area contributed by atoms with Gasteiger partial charge in [0.2, 0.25) is 5.91 Å². The molecule has 2 amide bonds. The summed E-state index contributed by atoms with van der Waals surface area (Å²) in [4.78, 5) is 35.5. The van der Waals surface area contributed by atoms with Gasteiger partial charge in [-0.1, -0.05) is 23.2 Å². The molecule has 1 atom stereocenters. The first-order chi connectivity index (χ1) is 11.3. The van der Waals surface area contributed by atoms with E-state index in [9.17, 15) is 14.4 Å². The molecule has 24 heavy (non-hydrogen) atoms. The summed E-state index contributed by atoms with van der Waals surface area (Å²) in [5, 5.41) is 5.34. The predicted octanol–water partition coefficient (Wildman–Crippen LogP) is 3.21. The highest BCUT2D eigenvalue weighted by Crippen LogP contribution is 2.31. The third-order valence-corrected chi connectivity index (χ3v) is 3.78. The minimum Gasteiger partial charge on any atom is -0.340 e. The van der Waals surface area contributed by atoms with Gasteiger partial charge in [-0.25, -0.2) is 0 Å². The van der Waals surface area contributed by atoms with Crippen LogP contribution in [0, 0.1) is 0 Å². The molecule has 0 saturated heterocycles. The van der Waals surface area contributed by atoms with Crippen LogP contribution in [0.4, 0.5) is 5.69 Å². The van der Waals surface area contributed by atoms with Crippen molar-refractivity contribution in [2.45, 2.75) is 19.9 Å². The van der Waals surface area contributed by atoms with Gasteiger partial charge in [0, 0.05) is 24.9 Å².